The van der Waals surface area contributed by atoms with E-state index in [-0.39, 0.29) is 17.4 Å². The molecule has 3 aromatic heterocycles. The van der Waals surface area contributed by atoms with Gasteiger partial charge < -0.3 is 9.72 Å². The third-order valence-electron chi connectivity index (χ3n) is 7.15. The van der Waals surface area contributed by atoms with Crippen molar-refractivity contribution in [3.63, 3.8) is 0 Å². The van der Waals surface area contributed by atoms with Crippen LogP contribution in [-0.2, 0) is 11.3 Å². The number of hydrogen-bond donors (Lipinski definition) is 1. The molecule has 2 aliphatic rings. The van der Waals surface area contributed by atoms with Crippen molar-refractivity contribution in [3.05, 3.63) is 70.3 Å². The first-order chi connectivity index (χ1) is 16.2. The fourth-order valence-corrected chi connectivity index (χ4v) is 5.35. The van der Waals surface area contributed by atoms with Crippen LogP contribution in [0.4, 0.5) is 0 Å². The van der Waals surface area contributed by atoms with E-state index >= 15 is 0 Å². The van der Waals surface area contributed by atoms with Gasteiger partial charge in [0.05, 0.1) is 11.7 Å². The number of aromatic amines is 1. The Labute approximate surface area is 191 Å². The summed E-state index contributed by atoms with van der Waals surface area (Å²) in [7, 11) is 0. The second-order valence-electron chi connectivity index (χ2n) is 9.45. The summed E-state index contributed by atoms with van der Waals surface area (Å²) in [6.07, 6.45) is 5.32. The van der Waals surface area contributed by atoms with E-state index in [9.17, 15) is 4.79 Å². The zero-order valence-electron chi connectivity index (χ0n) is 18.8. The molecule has 0 saturated carbocycles. The van der Waals surface area contributed by atoms with Crippen LogP contribution in [0.2, 0.25) is 0 Å². The normalized spacial score (nSPS) is 22.5. The predicted molar refractivity (Wildman–Crippen MR) is 125 cm³/mol. The minimum Gasteiger partial charge on any atom is -0.381 e. The van der Waals surface area contributed by atoms with Gasteiger partial charge in [-0.3, -0.25) is 14.7 Å². The highest BCUT2D eigenvalue weighted by molar-refractivity contribution is 5.78. The Hall–Kier alpha value is -3.10. The SMILES string of the molecule is C[C@@H]1CN(Cc2ccc3cccnc3c2)C[C@H]1c1nn2c(C3CCOCC3)ncc2c(=O)[nH]1. The van der Waals surface area contributed by atoms with Crippen LogP contribution in [0.3, 0.4) is 0 Å². The first-order valence-corrected chi connectivity index (χ1v) is 11.8. The molecule has 4 aromatic rings. The average Bonchev–Trinajstić information content (AvgIpc) is 3.43. The van der Waals surface area contributed by atoms with E-state index in [0.29, 0.717) is 11.4 Å². The van der Waals surface area contributed by atoms with Gasteiger partial charge in [-0.2, -0.15) is 5.10 Å². The summed E-state index contributed by atoms with van der Waals surface area (Å²) >= 11 is 0. The largest absolute Gasteiger partial charge is 0.381 e. The molecule has 5 heterocycles. The van der Waals surface area contributed by atoms with Gasteiger partial charge in [-0.15, -0.1) is 0 Å². The molecule has 0 radical (unpaired) electrons. The Bertz CT molecular complexity index is 1360. The number of hydrogen-bond acceptors (Lipinski definition) is 6. The number of H-pyrrole nitrogens is 1. The summed E-state index contributed by atoms with van der Waals surface area (Å²) in [6, 6.07) is 10.5. The van der Waals surface area contributed by atoms with Crippen molar-refractivity contribution in [1.82, 2.24) is 29.5 Å². The number of imidazole rings is 1. The zero-order chi connectivity index (χ0) is 22.4. The van der Waals surface area contributed by atoms with E-state index in [4.69, 9.17) is 9.84 Å². The summed E-state index contributed by atoms with van der Waals surface area (Å²) in [5.41, 5.74) is 2.68. The molecule has 0 bridgehead atoms. The Morgan fingerprint density at radius 2 is 2.03 bits per heavy atom. The lowest BCUT2D eigenvalue weighted by Gasteiger charge is -2.21. The lowest BCUT2D eigenvalue weighted by molar-refractivity contribution is 0.0832. The lowest BCUT2D eigenvalue weighted by Crippen LogP contribution is -2.24. The van der Waals surface area contributed by atoms with E-state index in [2.05, 4.69) is 51.0 Å². The van der Waals surface area contributed by atoms with Gasteiger partial charge in [0.2, 0.25) is 0 Å². The number of benzene rings is 1. The zero-order valence-corrected chi connectivity index (χ0v) is 18.8. The second kappa shape index (κ2) is 8.35. The highest BCUT2D eigenvalue weighted by atomic mass is 16.5. The number of aromatic nitrogens is 5. The maximum absolute atomic E-state index is 12.9. The molecule has 33 heavy (non-hydrogen) atoms. The van der Waals surface area contributed by atoms with Crippen LogP contribution in [-0.4, -0.2) is 55.8 Å². The van der Waals surface area contributed by atoms with Crippen LogP contribution in [0.25, 0.3) is 16.4 Å². The molecule has 0 spiro atoms. The topological polar surface area (TPSA) is 88.4 Å². The molecule has 2 saturated heterocycles. The third kappa shape index (κ3) is 3.83. The van der Waals surface area contributed by atoms with Gasteiger partial charge in [0.15, 0.2) is 5.52 Å². The van der Waals surface area contributed by atoms with Gasteiger partial charge in [-0.1, -0.05) is 25.1 Å². The van der Waals surface area contributed by atoms with Crippen molar-refractivity contribution >= 4 is 16.4 Å². The Balaban J connectivity index is 1.26. The van der Waals surface area contributed by atoms with Crippen LogP contribution in [0.5, 0.6) is 0 Å². The van der Waals surface area contributed by atoms with Crippen LogP contribution >= 0.6 is 0 Å². The molecular weight excluding hydrogens is 416 g/mol. The first-order valence-electron chi connectivity index (χ1n) is 11.8. The summed E-state index contributed by atoms with van der Waals surface area (Å²) < 4.78 is 7.29. The van der Waals surface area contributed by atoms with Crippen molar-refractivity contribution in [1.29, 1.82) is 0 Å². The Morgan fingerprint density at radius 3 is 2.91 bits per heavy atom. The summed E-state index contributed by atoms with van der Waals surface area (Å²) in [5.74, 6) is 2.48. The van der Waals surface area contributed by atoms with E-state index in [1.165, 1.54) is 5.56 Å². The molecule has 0 amide bonds. The molecule has 2 atom stereocenters. The minimum atomic E-state index is -0.114. The lowest BCUT2D eigenvalue weighted by atomic mass is 9.97. The molecule has 170 valence electrons. The summed E-state index contributed by atoms with van der Waals surface area (Å²) in [4.78, 5) is 27.4. The fraction of sp³-hybridized carbons (Fsp3) is 0.440. The van der Waals surface area contributed by atoms with Crippen molar-refractivity contribution in [3.8, 4) is 0 Å². The van der Waals surface area contributed by atoms with Crippen molar-refractivity contribution in [2.24, 2.45) is 5.92 Å². The van der Waals surface area contributed by atoms with Gasteiger partial charge in [-0.05, 0) is 36.5 Å². The third-order valence-corrected chi connectivity index (χ3v) is 7.15. The molecule has 0 unspecified atom stereocenters. The van der Waals surface area contributed by atoms with E-state index in [0.717, 1.165) is 68.2 Å². The minimum absolute atomic E-state index is 0.114. The molecule has 8 nitrogen and oxygen atoms in total. The number of fused-ring (bicyclic) bond motifs is 2. The van der Waals surface area contributed by atoms with Crippen LogP contribution in [0, 0.1) is 5.92 Å². The van der Waals surface area contributed by atoms with Crippen molar-refractivity contribution in [2.75, 3.05) is 26.3 Å². The number of likely N-dealkylation sites (tertiary alicyclic amines) is 1. The molecule has 6 rings (SSSR count). The summed E-state index contributed by atoms with van der Waals surface area (Å²) in [5, 5.41) is 6.06. The predicted octanol–water partition coefficient (Wildman–Crippen LogP) is 3.10. The molecular formula is C25H28N6O2. The number of rotatable bonds is 4. The van der Waals surface area contributed by atoms with Gasteiger partial charge >= 0.3 is 0 Å². The summed E-state index contributed by atoms with van der Waals surface area (Å²) in [6.45, 7) is 6.38. The maximum Gasteiger partial charge on any atom is 0.276 e. The highest BCUT2D eigenvalue weighted by Gasteiger charge is 2.33. The average molecular weight is 445 g/mol. The molecule has 1 N–H and O–H groups in total. The monoisotopic (exact) mass is 444 g/mol. The number of nitrogens with zero attached hydrogens (tertiary/aromatic N) is 5. The van der Waals surface area contributed by atoms with Crippen molar-refractivity contribution < 1.29 is 4.74 Å². The van der Waals surface area contributed by atoms with E-state index in [1.807, 2.05) is 12.3 Å². The number of ether oxygens (including phenoxy) is 1. The number of pyridine rings is 1. The van der Waals surface area contributed by atoms with E-state index < -0.39 is 0 Å². The molecule has 1 aromatic carbocycles. The smallest absolute Gasteiger partial charge is 0.276 e. The fourth-order valence-electron chi connectivity index (χ4n) is 5.35. The van der Waals surface area contributed by atoms with Gasteiger partial charge in [0.1, 0.15) is 11.6 Å². The molecule has 0 aliphatic carbocycles. The van der Waals surface area contributed by atoms with Gasteiger partial charge in [-0.25, -0.2) is 9.50 Å². The van der Waals surface area contributed by atoms with Crippen molar-refractivity contribution in [2.45, 2.75) is 38.1 Å². The van der Waals surface area contributed by atoms with Crippen LogP contribution < -0.4 is 5.56 Å². The van der Waals surface area contributed by atoms with E-state index in [1.54, 1.807) is 10.7 Å². The number of nitrogens with one attached hydrogen (secondary N) is 1. The molecule has 2 aliphatic heterocycles. The molecule has 2 fully saturated rings. The molecule has 8 heteroatoms. The standard InChI is InChI=1S/C25H28N6O2/c1-16-13-30(14-17-4-5-18-3-2-8-26-21(18)11-17)15-20(16)23-28-25(32)22-12-27-24(31(22)29-23)19-6-9-33-10-7-19/h2-5,8,11-12,16,19-20H,6-7,9-10,13-15H2,1H3,(H,28,29,32)/t16-,20-/m1/s1. The van der Waals surface area contributed by atoms with Gasteiger partial charge in [0.25, 0.3) is 5.56 Å². The Morgan fingerprint density at radius 1 is 1.15 bits per heavy atom. The van der Waals surface area contributed by atoms with Crippen LogP contribution in [0.1, 0.15) is 48.8 Å². The Kier molecular flexibility index (Phi) is 5.19. The van der Waals surface area contributed by atoms with Crippen LogP contribution in [0.15, 0.2) is 47.5 Å². The highest BCUT2D eigenvalue weighted by Crippen LogP contribution is 2.32. The second-order valence-corrected chi connectivity index (χ2v) is 9.45. The van der Waals surface area contributed by atoms with Gasteiger partial charge in [0, 0.05) is 56.3 Å². The maximum atomic E-state index is 12.9. The quantitative estimate of drug-likeness (QED) is 0.520. The first kappa shape index (κ1) is 20.5.